The lowest BCUT2D eigenvalue weighted by Crippen LogP contribution is -2.37. The van der Waals surface area contributed by atoms with Crippen LogP contribution in [0.4, 0.5) is 0 Å². The second kappa shape index (κ2) is 5.67. The van der Waals surface area contributed by atoms with Crippen LogP contribution in [0.1, 0.15) is 29.5 Å². The SMILES string of the molecule is C1=CC(C2(c3cccc4c3Cc3ccccc3-4)CCSCC2)C=C1. The zero-order chi connectivity index (χ0) is 16.0. The number of hydrogen-bond donors (Lipinski definition) is 0. The number of thioether (sulfide) groups is 1. The zero-order valence-corrected chi connectivity index (χ0v) is 14.7. The van der Waals surface area contributed by atoms with Crippen LogP contribution in [-0.4, -0.2) is 11.5 Å². The average Bonchev–Trinajstić information content (AvgIpc) is 3.30. The fourth-order valence-corrected chi connectivity index (χ4v) is 6.16. The van der Waals surface area contributed by atoms with Crippen molar-refractivity contribution in [2.24, 2.45) is 5.92 Å². The molecule has 0 radical (unpaired) electrons. The summed E-state index contributed by atoms with van der Waals surface area (Å²) < 4.78 is 0. The Labute approximate surface area is 148 Å². The van der Waals surface area contributed by atoms with Crippen molar-refractivity contribution in [2.75, 3.05) is 11.5 Å². The summed E-state index contributed by atoms with van der Waals surface area (Å²) in [6.07, 6.45) is 13.0. The molecular weight excluding hydrogens is 308 g/mol. The van der Waals surface area contributed by atoms with E-state index in [4.69, 9.17) is 0 Å². The quantitative estimate of drug-likeness (QED) is 0.575. The van der Waals surface area contributed by atoms with Gasteiger partial charge in [0.15, 0.2) is 0 Å². The van der Waals surface area contributed by atoms with Crippen LogP contribution in [-0.2, 0) is 11.8 Å². The Morgan fingerprint density at radius 2 is 1.58 bits per heavy atom. The van der Waals surface area contributed by atoms with Gasteiger partial charge in [-0.25, -0.2) is 0 Å². The van der Waals surface area contributed by atoms with Crippen molar-refractivity contribution in [3.05, 3.63) is 83.5 Å². The normalized spacial score (nSPS) is 21.0. The standard InChI is InChI=1S/C23H22S/c1-4-9-19-17(6-1)16-21-20(19)10-5-11-22(21)23(12-14-24-15-13-23)18-7-2-3-8-18/h1-11,18H,12-16H2. The molecule has 0 amide bonds. The highest BCUT2D eigenvalue weighted by Crippen LogP contribution is 2.50. The van der Waals surface area contributed by atoms with Crippen molar-refractivity contribution >= 4 is 11.8 Å². The first-order valence-electron chi connectivity index (χ1n) is 9.02. The third kappa shape index (κ3) is 2.07. The van der Waals surface area contributed by atoms with Gasteiger partial charge in [0.05, 0.1) is 0 Å². The van der Waals surface area contributed by atoms with E-state index in [-0.39, 0.29) is 0 Å². The van der Waals surface area contributed by atoms with Crippen molar-refractivity contribution in [2.45, 2.75) is 24.7 Å². The molecule has 0 atom stereocenters. The molecule has 1 heterocycles. The molecule has 1 heteroatoms. The first-order chi connectivity index (χ1) is 11.9. The molecule has 3 aliphatic rings. The number of hydrogen-bond acceptors (Lipinski definition) is 1. The molecule has 1 aliphatic heterocycles. The maximum atomic E-state index is 2.43. The van der Waals surface area contributed by atoms with Crippen molar-refractivity contribution in [1.82, 2.24) is 0 Å². The lowest BCUT2D eigenvalue weighted by atomic mass is 9.65. The Bertz CT molecular complexity index is 825. The maximum Gasteiger partial charge on any atom is 0.00693 e. The van der Waals surface area contributed by atoms with Gasteiger partial charge in [0.2, 0.25) is 0 Å². The van der Waals surface area contributed by atoms with Gasteiger partial charge in [-0.1, -0.05) is 66.8 Å². The largest absolute Gasteiger partial charge is 0.162 e. The van der Waals surface area contributed by atoms with Gasteiger partial charge in [-0.3, -0.25) is 0 Å². The topological polar surface area (TPSA) is 0 Å². The Morgan fingerprint density at radius 1 is 0.833 bits per heavy atom. The van der Waals surface area contributed by atoms with Crippen LogP contribution in [0.2, 0.25) is 0 Å². The van der Waals surface area contributed by atoms with Crippen LogP contribution >= 0.6 is 11.8 Å². The molecule has 0 N–H and O–H groups in total. The van der Waals surface area contributed by atoms with Crippen molar-refractivity contribution < 1.29 is 0 Å². The number of benzene rings is 2. The monoisotopic (exact) mass is 330 g/mol. The first kappa shape index (κ1) is 14.6. The van der Waals surface area contributed by atoms with E-state index in [0.29, 0.717) is 11.3 Å². The minimum atomic E-state index is 0.294. The Morgan fingerprint density at radius 3 is 2.42 bits per heavy atom. The summed E-state index contributed by atoms with van der Waals surface area (Å²) in [6, 6.07) is 16.0. The summed E-state index contributed by atoms with van der Waals surface area (Å²) in [5.41, 5.74) is 7.94. The molecular formula is C23H22S. The van der Waals surface area contributed by atoms with E-state index in [1.165, 1.54) is 41.0 Å². The molecule has 1 fully saturated rings. The fourth-order valence-electron chi connectivity index (χ4n) is 4.94. The van der Waals surface area contributed by atoms with Crippen molar-refractivity contribution in [3.8, 4) is 11.1 Å². The van der Waals surface area contributed by atoms with Crippen LogP contribution in [0.5, 0.6) is 0 Å². The molecule has 2 aliphatic carbocycles. The molecule has 0 bridgehead atoms. The van der Waals surface area contributed by atoms with E-state index >= 15 is 0 Å². The fraction of sp³-hybridized carbons (Fsp3) is 0.304. The Kier molecular flexibility index (Phi) is 3.45. The van der Waals surface area contributed by atoms with Gasteiger partial charge in [-0.2, -0.15) is 11.8 Å². The number of rotatable bonds is 2. The van der Waals surface area contributed by atoms with Crippen LogP contribution in [0, 0.1) is 5.92 Å². The van der Waals surface area contributed by atoms with E-state index in [0.717, 1.165) is 6.42 Å². The molecule has 120 valence electrons. The van der Waals surface area contributed by atoms with Gasteiger partial charge in [0, 0.05) is 11.3 Å². The second-order valence-electron chi connectivity index (χ2n) is 7.23. The summed E-state index contributed by atoms with van der Waals surface area (Å²) in [5, 5.41) is 0. The van der Waals surface area contributed by atoms with E-state index in [2.05, 4.69) is 78.5 Å². The molecule has 0 nitrogen and oxygen atoms in total. The van der Waals surface area contributed by atoms with Crippen LogP contribution < -0.4 is 0 Å². The minimum Gasteiger partial charge on any atom is -0.162 e. The third-order valence-electron chi connectivity index (χ3n) is 6.16. The minimum absolute atomic E-state index is 0.294. The third-order valence-corrected chi connectivity index (χ3v) is 7.14. The Balaban J connectivity index is 1.69. The number of allylic oxidation sites excluding steroid dienone is 4. The van der Waals surface area contributed by atoms with Gasteiger partial charge >= 0.3 is 0 Å². The molecule has 2 aromatic rings. The van der Waals surface area contributed by atoms with Crippen molar-refractivity contribution in [3.63, 3.8) is 0 Å². The molecule has 24 heavy (non-hydrogen) atoms. The highest BCUT2D eigenvalue weighted by molar-refractivity contribution is 7.99. The van der Waals surface area contributed by atoms with E-state index < -0.39 is 0 Å². The van der Waals surface area contributed by atoms with Crippen molar-refractivity contribution in [1.29, 1.82) is 0 Å². The maximum absolute atomic E-state index is 2.43. The Hall–Kier alpha value is -1.73. The van der Waals surface area contributed by atoms with E-state index in [1.54, 1.807) is 11.1 Å². The molecule has 0 unspecified atom stereocenters. The molecule has 0 spiro atoms. The van der Waals surface area contributed by atoms with Crippen LogP contribution in [0.3, 0.4) is 0 Å². The summed E-state index contributed by atoms with van der Waals surface area (Å²) in [6.45, 7) is 0. The summed E-state index contributed by atoms with van der Waals surface area (Å²) in [7, 11) is 0. The first-order valence-corrected chi connectivity index (χ1v) is 10.2. The predicted molar refractivity (Wildman–Crippen MR) is 105 cm³/mol. The summed E-state index contributed by atoms with van der Waals surface area (Å²) >= 11 is 2.12. The molecule has 1 saturated heterocycles. The van der Waals surface area contributed by atoms with Gasteiger partial charge in [-0.15, -0.1) is 0 Å². The van der Waals surface area contributed by atoms with Gasteiger partial charge < -0.3 is 0 Å². The van der Waals surface area contributed by atoms with Crippen LogP contribution in [0.15, 0.2) is 66.8 Å². The lowest BCUT2D eigenvalue weighted by Gasteiger charge is -2.42. The highest BCUT2D eigenvalue weighted by Gasteiger charge is 2.42. The second-order valence-corrected chi connectivity index (χ2v) is 8.45. The van der Waals surface area contributed by atoms with Crippen LogP contribution in [0.25, 0.3) is 11.1 Å². The molecule has 0 aromatic heterocycles. The van der Waals surface area contributed by atoms with Gasteiger partial charge in [0.1, 0.15) is 0 Å². The smallest absolute Gasteiger partial charge is 0.00693 e. The molecule has 2 aromatic carbocycles. The summed E-state index contributed by atoms with van der Waals surface area (Å²) in [4.78, 5) is 0. The van der Waals surface area contributed by atoms with E-state index in [9.17, 15) is 0 Å². The lowest BCUT2D eigenvalue weighted by molar-refractivity contribution is 0.335. The van der Waals surface area contributed by atoms with Gasteiger partial charge in [0.25, 0.3) is 0 Å². The average molecular weight is 330 g/mol. The highest BCUT2D eigenvalue weighted by atomic mass is 32.2. The predicted octanol–water partition coefficient (Wildman–Crippen LogP) is 5.76. The summed E-state index contributed by atoms with van der Waals surface area (Å²) in [5.74, 6) is 3.14. The molecule has 0 saturated carbocycles. The zero-order valence-electron chi connectivity index (χ0n) is 13.9. The number of fused-ring (bicyclic) bond motifs is 3. The molecule has 5 rings (SSSR count). The van der Waals surface area contributed by atoms with Gasteiger partial charge in [-0.05, 0) is 58.6 Å². The van der Waals surface area contributed by atoms with E-state index in [1.807, 2.05) is 0 Å².